The van der Waals surface area contributed by atoms with E-state index in [0.717, 1.165) is 0 Å². The first-order valence-electron chi connectivity index (χ1n) is 7.71. The Labute approximate surface area is 152 Å². The maximum atomic E-state index is 11.6. The Bertz CT molecular complexity index is 690. The van der Waals surface area contributed by atoms with E-state index in [2.05, 4.69) is 17.9 Å². The van der Waals surface area contributed by atoms with Gasteiger partial charge >= 0.3 is 5.97 Å². The summed E-state index contributed by atoms with van der Waals surface area (Å²) in [6.07, 6.45) is 4.01. The molecule has 0 atom stereocenters. The molecule has 1 aromatic rings. The molecule has 1 rings (SSSR count). The molecule has 0 fully saturated rings. The van der Waals surface area contributed by atoms with E-state index in [0.29, 0.717) is 23.7 Å². The summed E-state index contributed by atoms with van der Waals surface area (Å²) in [6.45, 7) is 7.99. The van der Waals surface area contributed by atoms with Crippen LogP contribution in [0, 0.1) is 11.3 Å². The van der Waals surface area contributed by atoms with Gasteiger partial charge in [0, 0.05) is 5.56 Å². The molecule has 0 aromatic heterocycles. The van der Waals surface area contributed by atoms with Gasteiger partial charge in [-0.3, -0.25) is 0 Å². The van der Waals surface area contributed by atoms with E-state index in [1.54, 1.807) is 24.3 Å². The maximum Gasteiger partial charge on any atom is 0.348 e. The second-order valence-electron chi connectivity index (χ2n) is 4.61. The fourth-order valence-electron chi connectivity index (χ4n) is 1.88. The van der Waals surface area contributed by atoms with Crippen molar-refractivity contribution >= 4 is 12.0 Å². The smallest absolute Gasteiger partial charge is 0.348 e. The van der Waals surface area contributed by atoms with Gasteiger partial charge in [-0.2, -0.15) is 5.26 Å². The van der Waals surface area contributed by atoms with Gasteiger partial charge in [0.05, 0.1) is 19.6 Å². The van der Waals surface area contributed by atoms with Crippen LogP contribution in [0.3, 0.4) is 0 Å². The number of rotatable bonds is 12. The third-order valence-corrected chi connectivity index (χ3v) is 2.98. The van der Waals surface area contributed by atoms with Crippen LogP contribution in [0.2, 0.25) is 0 Å². The number of carbonyl (C=O) groups is 1. The highest BCUT2D eigenvalue weighted by Crippen LogP contribution is 2.33. The van der Waals surface area contributed by atoms with Crippen LogP contribution in [0.1, 0.15) is 5.56 Å². The van der Waals surface area contributed by atoms with Crippen LogP contribution in [0.5, 0.6) is 11.5 Å². The van der Waals surface area contributed by atoms with Crippen molar-refractivity contribution in [1.82, 2.24) is 0 Å². The first kappa shape index (κ1) is 20.6. The summed E-state index contributed by atoms with van der Waals surface area (Å²) in [5.41, 5.74) is 0.333. The Hall–Kier alpha value is -3.40. The van der Waals surface area contributed by atoms with Crippen LogP contribution < -0.4 is 9.47 Å². The summed E-state index contributed by atoms with van der Waals surface area (Å²) in [6, 6.07) is 6.92. The fourth-order valence-corrected chi connectivity index (χ4v) is 1.88. The molecule has 26 heavy (non-hydrogen) atoms. The number of esters is 1. The molecule has 0 bridgehead atoms. The molecule has 1 aromatic carbocycles. The average Bonchev–Trinajstić information content (AvgIpc) is 2.67. The third kappa shape index (κ3) is 6.61. The number of para-hydroxylation sites is 1. The quantitative estimate of drug-likeness (QED) is 0.186. The Morgan fingerprint density at radius 2 is 1.77 bits per heavy atom. The molecule has 0 unspecified atom stereocenters. The summed E-state index contributed by atoms with van der Waals surface area (Å²) in [4.78, 5) is 11.6. The lowest BCUT2D eigenvalue weighted by atomic mass is 10.1. The summed E-state index contributed by atoms with van der Waals surface area (Å²) >= 11 is 0. The number of methoxy groups -OCH3 is 1. The van der Waals surface area contributed by atoms with Gasteiger partial charge in [-0.1, -0.05) is 25.3 Å². The van der Waals surface area contributed by atoms with E-state index >= 15 is 0 Å². The molecule has 0 aliphatic carbocycles. The van der Waals surface area contributed by atoms with E-state index in [1.807, 2.05) is 0 Å². The van der Waals surface area contributed by atoms with Crippen molar-refractivity contribution in [2.45, 2.75) is 0 Å². The lowest BCUT2D eigenvalue weighted by molar-refractivity contribution is -0.135. The Balaban J connectivity index is 3.11. The molecule has 0 heterocycles. The van der Waals surface area contributed by atoms with Crippen LogP contribution in [0.4, 0.5) is 0 Å². The highest BCUT2D eigenvalue weighted by Gasteiger charge is 2.14. The van der Waals surface area contributed by atoms with Gasteiger partial charge in [0.2, 0.25) is 0 Å². The number of carbonyl (C=O) groups excluding carboxylic acids is 1. The fraction of sp³-hybridized carbons (Fsp3) is 0.263. The van der Waals surface area contributed by atoms with Crippen LogP contribution in [0.15, 0.2) is 49.5 Å². The van der Waals surface area contributed by atoms with E-state index in [-0.39, 0.29) is 25.4 Å². The SMILES string of the molecule is C=COCCOc1cccc(/C=C(\C#N)C(=O)OC)c1OCCOC=C. The van der Waals surface area contributed by atoms with E-state index < -0.39 is 5.97 Å². The second kappa shape index (κ2) is 12.0. The minimum absolute atomic E-state index is 0.160. The molecule has 138 valence electrons. The Kier molecular flexibility index (Phi) is 9.55. The van der Waals surface area contributed by atoms with Gasteiger partial charge in [0.1, 0.15) is 38.1 Å². The zero-order valence-electron chi connectivity index (χ0n) is 14.6. The van der Waals surface area contributed by atoms with Crippen molar-refractivity contribution in [3.05, 3.63) is 55.0 Å². The van der Waals surface area contributed by atoms with E-state index in [1.165, 1.54) is 25.7 Å². The van der Waals surface area contributed by atoms with E-state index in [4.69, 9.17) is 24.2 Å². The molecule has 0 aliphatic heterocycles. The zero-order chi connectivity index (χ0) is 19.2. The molecule has 0 N–H and O–H groups in total. The zero-order valence-corrected chi connectivity index (χ0v) is 14.6. The minimum Gasteiger partial charge on any atom is -0.498 e. The summed E-state index contributed by atoms with van der Waals surface area (Å²) in [5, 5.41) is 9.15. The number of benzene rings is 1. The summed E-state index contributed by atoms with van der Waals surface area (Å²) in [7, 11) is 1.21. The largest absolute Gasteiger partial charge is 0.498 e. The average molecular weight is 359 g/mol. The summed E-state index contributed by atoms with van der Waals surface area (Å²) < 4.78 is 26.0. The molecule has 0 radical (unpaired) electrons. The van der Waals surface area contributed by atoms with E-state index in [9.17, 15) is 4.79 Å². The molecular weight excluding hydrogens is 338 g/mol. The van der Waals surface area contributed by atoms with Crippen molar-refractivity contribution in [3.8, 4) is 17.6 Å². The van der Waals surface area contributed by atoms with Crippen LogP contribution >= 0.6 is 0 Å². The van der Waals surface area contributed by atoms with Crippen molar-refractivity contribution < 1.29 is 28.5 Å². The van der Waals surface area contributed by atoms with Crippen molar-refractivity contribution in [3.63, 3.8) is 0 Å². The second-order valence-corrected chi connectivity index (χ2v) is 4.61. The number of ether oxygens (including phenoxy) is 5. The predicted octanol–water partition coefficient (Wildman–Crippen LogP) is 2.84. The van der Waals surface area contributed by atoms with Crippen molar-refractivity contribution in [2.24, 2.45) is 0 Å². The number of nitriles is 1. The molecule has 0 spiro atoms. The van der Waals surface area contributed by atoms with Gasteiger partial charge in [-0.25, -0.2) is 4.79 Å². The van der Waals surface area contributed by atoms with Crippen molar-refractivity contribution in [1.29, 1.82) is 5.26 Å². The molecule has 0 saturated carbocycles. The standard InChI is InChI=1S/C19H21NO6/c1-4-23-9-11-25-17-8-6-7-15(13-16(14-20)19(21)22-3)18(17)26-12-10-24-5-2/h4-8,13H,1-2,9-12H2,3H3/b16-13+. The molecule has 7 heteroatoms. The topological polar surface area (TPSA) is 87.0 Å². The van der Waals surface area contributed by atoms with Gasteiger partial charge < -0.3 is 23.7 Å². The molecule has 0 amide bonds. The maximum absolute atomic E-state index is 11.6. The first-order valence-corrected chi connectivity index (χ1v) is 7.71. The minimum atomic E-state index is -0.737. The predicted molar refractivity (Wildman–Crippen MR) is 95.3 cm³/mol. The van der Waals surface area contributed by atoms with Gasteiger partial charge in [0.25, 0.3) is 0 Å². The van der Waals surface area contributed by atoms with Crippen LogP contribution in [-0.2, 0) is 19.0 Å². The number of hydrogen-bond donors (Lipinski definition) is 0. The number of hydrogen-bond acceptors (Lipinski definition) is 7. The van der Waals surface area contributed by atoms with Crippen LogP contribution in [-0.4, -0.2) is 39.5 Å². The normalized spacial score (nSPS) is 10.2. The monoisotopic (exact) mass is 359 g/mol. The lowest BCUT2D eigenvalue weighted by Crippen LogP contribution is -2.09. The van der Waals surface area contributed by atoms with Gasteiger partial charge in [-0.15, -0.1) is 0 Å². The van der Waals surface area contributed by atoms with Crippen LogP contribution in [0.25, 0.3) is 6.08 Å². The molecule has 0 saturated heterocycles. The highest BCUT2D eigenvalue weighted by molar-refractivity contribution is 5.98. The van der Waals surface area contributed by atoms with Crippen molar-refractivity contribution in [2.75, 3.05) is 33.5 Å². The Morgan fingerprint density at radius 3 is 2.35 bits per heavy atom. The first-order chi connectivity index (χ1) is 12.7. The Morgan fingerprint density at radius 1 is 1.12 bits per heavy atom. The number of nitrogens with zero attached hydrogens (tertiary/aromatic N) is 1. The molecule has 7 nitrogen and oxygen atoms in total. The van der Waals surface area contributed by atoms with Gasteiger partial charge in [0.15, 0.2) is 11.5 Å². The van der Waals surface area contributed by atoms with Gasteiger partial charge in [-0.05, 0) is 12.1 Å². The lowest BCUT2D eigenvalue weighted by Gasteiger charge is -2.15. The molecule has 0 aliphatic rings. The highest BCUT2D eigenvalue weighted by atomic mass is 16.6. The molecular formula is C19H21NO6. The summed E-state index contributed by atoms with van der Waals surface area (Å²) in [5.74, 6) is 0.0711. The third-order valence-electron chi connectivity index (χ3n) is 2.98.